The zero-order valence-corrected chi connectivity index (χ0v) is 19.6. The number of carbonyl (C=O) groups excluding carboxylic acids is 1. The number of nitrogens with two attached hydrogens (primary N) is 1. The first-order valence-corrected chi connectivity index (χ1v) is 11.2. The molecule has 3 aromatic rings. The quantitative estimate of drug-likeness (QED) is 0.492. The molecule has 4 rings (SSSR count). The van der Waals surface area contributed by atoms with Gasteiger partial charge < -0.3 is 20.5 Å². The van der Waals surface area contributed by atoms with Crippen LogP contribution >= 0.6 is 0 Å². The number of nitrogens with one attached hydrogen (secondary N) is 1. The fourth-order valence-electron chi connectivity index (χ4n) is 4.11. The van der Waals surface area contributed by atoms with Crippen LogP contribution in [0.5, 0.6) is 0 Å². The highest BCUT2D eigenvalue weighted by Gasteiger charge is 2.30. The van der Waals surface area contributed by atoms with Crippen molar-refractivity contribution in [3.8, 4) is 11.3 Å². The number of pyridine rings is 1. The zero-order chi connectivity index (χ0) is 26.0. The Hall–Kier alpha value is -3.35. The van der Waals surface area contributed by atoms with Crippen LogP contribution in [0.15, 0.2) is 30.5 Å². The minimum atomic E-state index is -1.31. The van der Waals surface area contributed by atoms with Crippen molar-refractivity contribution < 1.29 is 31.8 Å². The van der Waals surface area contributed by atoms with E-state index in [9.17, 15) is 22.4 Å². The van der Waals surface area contributed by atoms with Crippen molar-refractivity contribution in [3.63, 3.8) is 0 Å². The summed E-state index contributed by atoms with van der Waals surface area (Å²) in [5, 5.41) is 6.76. The number of aromatic nitrogens is 3. The number of hydrogen-bond acceptors (Lipinski definition) is 6. The van der Waals surface area contributed by atoms with E-state index in [1.54, 1.807) is 7.05 Å². The van der Waals surface area contributed by atoms with Gasteiger partial charge in [0.1, 0.15) is 41.1 Å². The Morgan fingerprint density at radius 1 is 1.22 bits per heavy atom. The summed E-state index contributed by atoms with van der Waals surface area (Å²) in [6.45, 7) is -0.240. The van der Waals surface area contributed by atoms with Crippen LogP contribution < -0.4 is 11.1 Å². The maximum Gasteiger partial charge on any atom is 0.274 e. The molecule has 1 amide bonds. The van der Waals surface area contributed by atoms with Gasteiger partial charge in [-0.1, -0.05) is 0 Å². The number of methoxy groups -OCH3 is 1. The molecule has 0 spiro atoms. The van der Waals surface area contributed by atoms with Crippen LogP contribution in [0.1, 0.15) is 40.7 Å². The van der Waals surface area contributed by atoms with Gasteiger partial charge in [0, 0.05) is 20.2 Å². The summed E-state index contributed by atoms with van der Waals surface area (Å²) in [4.78, 5) is 16.9. The molecule has 2 aromatic heterocycles. The Morgan fingerprint density at radius 3 is 2.64 bits per heavy atom. The molecule has 3 heterocycles. The summed E-state index contributed by atoms with van der Waals surface area (Å²) < 4.78 is 69.9. The number of benzene rings is 1. The average Bonchev–Trinajstić information content (AvgIpc) is 3.10. The predicted molar refractivity (Wildman–Crippen MR) is 122 cm³/mol. The summed E-state index contributed by atoms with van der Waals surface area (Å²) >= 11 is 0. The van der Waals surface area contributed by atoms with Crippen molar-refractivity contribution in [1.82, 2.24) is 14.8 Å². The average molecular weight is 507 g/mol. The molecule has 36 heavy (non-hydrogen) atoms. The van der Waals surface area contributed by atoms with Gasteiger partial charge >= 0.3 is 0 Å². The molecule has 192 valence electrons. The van der Waals surface area contributed by atoms with E-state index in [-0.39, 0.29) is 30.2 Å². The smallest absolute Gasteiger partial charge is 0.274 e. The van der Waals surface area contributed by atoms with Gasteiger partial charge in [0.25, 0.3) is 5.91 Å². The molecular weight excluding hydrogens is 482 g/mol. The lowest BCUT2D eigenvalue weighted by Gasteiger charge is -2.18. The van der Waals surface area contributed by atoms with Crippen LogP contribution in [0.2, 0.25) is 0 Å². The fourth-order valence-corrected chi connectivity index (χ4v) is 4.11. The molecule has 0 unspecified atom stereocenters. The summed E-state index contributed by atoms with van der Waals surface area (Å²) in [5.74, 6) is -3.86. The zero-order valence-electron chi connectivity index (χ0n) is 19.6. The SMILES string of the molecule is COCc1cc(F)c(-c2nc(C(=O)Nc3cnn(C)c3[C@@H]3CC[C@@H](N)[C@H](F)CO3)ccc2F)c(F)c1. The summed E-state index contributed by atoms with van der Waals surface area (Å²) in [7, 11) is 3.01. The molecule has 1 aliphatic heterocycles. The van der Waals surface area contributed by atoms with Gasteiger partial charge in [0.05, 0.1) is 36.4 Å². The van der Waals surface area contributed by atoms with E-state index >= 15 is 0 Å². The van der Waals surface area contributed by atoms with Crippen molar-refractivity contribution in [2.75, 3.05) is 19.0 Å². The Kier molecular flexibility index (Phi) is 7.67. The van der Waals surface area contributed by atoms with E-state index in [0.29, 0.717) is 18.5 Å². The molecular formula is C24H25F4N5O3. The van der Waals surface area contributed by atoms with Crippen LogP contribution in [0.25, 0.3) is 11.3 Å². The van der Waals surface area contributed by atoms with Crippen molar-refractivity contribution >= 4 is 11.6 Å². The predicted octanol–water partition coefficient (Wildman–Crippen LogP) is 3.82. The molecule has 1 aliphatic rings. The van der Waals surface area contributed by atoms with Crippen molar-refractivity contribution in [3.05, 3.63) is 64.9 Å². The number of amides is 1. The Morgan fingerprint density at radius 2 is 1.94 bits per heavy atom. The number of anilines is 1. The Bertz CT molecular complexity index is 1230. The Labute approximate surface area is 204 Å². The van der Waals surface area contributed by atoms with Crippen LogP contribution in [0.4, 0.5) is 23.2 Å². The van der Waals surface area contributed by atoms with Crippen molar-refractivity contribution in [2.24, 2.45) is 12.8 Å². The number of hydrogen-bond donors (Lipinski definition) is 2. The molecule has 1 aromatic carbocycles. The second kappa shape index (κ2) is 10.7. The summed E-state index contributed by atoms with van der Waals surface area (Å²) in [5.41, 5.74) is 5.14. The maximum absolute atomic E-state index is 14.7. The number of rotatable bonds is 6. The van der Waals surface area contributed by atoms with E-state index < -0.39 is 52.9 Å². The Balaban J connectivity index is 1.61. The number of alkyl halides is 1. The molecule has 1 saturated heterocycles. The minimum absolute atomic E-state index is 0.0391. The van der Waals surface area contributed by atoms with Gasteiger partial charge in [0.2, 0.25) is 0 Å². The highest BCUT2D eigenvalue weighted by Crippen LogP contribution is 2.33. The van der Waals surface area contributed by atoms with E-state index in [4.69, 9.17) is 15.2 Å². The highest BCUT2D eigenvalue weighted by atomic mass is 19.1. The molecule has 1 fully saturated rings. The van der Waals surface area contributed by atoms with Crippen LogP contribution in [0.3, 0.4) is 0 Å². The normalized spacial score (nSPS) is 20.2. The largest absolute Gasteiger partial charge is 0.380 e. The number of nitrogens with zero attached hydrogens (tertiary/aromatic N) is 3. The van der Waals surface area contributed by atoms with Crippen LogP contribution in [-0.2, 0) is 23.1 Å². The second-order valence-corrected chi connectivity index (χ2v) is 8.49. The third-order valence-corrected chi connectivity index (χ3v) is 5.95. The first kappa shape index (κ1) is 25.7. The fraction of sp³-hybridized carbons (Fsp3) is 0.375. The standard InChI is InChI=1S/C24H25F4N5O3/c1-33-23(20-6-4-17(29)16(28)11-36-20)19(9-30-33)32-24(34)18-5-3-13(25)22(31-18)21-14(26)7-12(10-35-2)8-15(21)27/h3,5,7-9,16-17,20H,4,6,10-11,29H2,1-2H3,(H,32,34)/t16-,17-,20+/m1/s1. The number of carbonyl (C=O) groups is 1. The lowest BCUT2D eigenvalue weighted by atomic mass is 10.0. The molecule has 12 heteroatoms. The van der Waals surface area contributed by atoms with Gasteiger partial charge in [-0.15, -0.1) is 0 Å². The summed E-state index contributed by atoms with van der Waals surface area (Å²) in [6, 6.07) is 3.36. The van der Waals surface area contributed by atoms with Gasteiger partial charge in [-0.25, -0.2) is 22.5 Å². The molecule has 0 aliphatic carbocycles. The first-order valence-electron chi connectivity index (χ1n) is 11.2. The van der Waals surface area contributed by atoms with Crippen LogP contribution in [-0.4, -0.2) is 46.6 Å². The number of ether oxygens (including phenoxy) is 2. The third-order valence-electron chi connectivity index (χ3n) is 5.95. The topological polar surface area (TPSA) is 104 Å². The molecule has 0 bridgehead atoms. The molecule has 3 atom stereocenters. The van der Waals surface area contributed by atoms with E-state index in [1.807, 2.05) is 0 Å². The van der Waals surface area contributed by atoms with Crippen LogP contribution in [0, 0.1) is 17.5 Å². The van der Waals surface area contributed by atoms with E-state index in [1.165, 1.54) is 18.0 Å². The maximum atomic E-state index is 14.7. The molecule has 8 nitrogen and oxygen atoms in total. The van der Waals surface area contributed by atoms with Crippen molar-refractivity contribution in [1.29, 1.82) is 0 Å². The first-order chi connectivity index (χ1) is 17.2. The minimum Gasteiger partial charge on any atom is -0.380 e. The monoisotopic (exact) mass is 507 g/mol. The highest BCUT2D eigenvalue weighted by molar-refractivity contribution is 6.03. The van der Waals surface area contributed by atoms with Crippen molar-refractivity contribution in [2.45, 2.75) is 37.8 Å². The third kappa shape index (κ3) is 5.25. The number of halogens is 4. The van der Waals surface area contributed by atoms with Gasteiger partial charge in [-0.3, -0.25) is 9.48 Å². The van der Waals surface area contributed by atoms with Gasteiger partial charge in [0.15, 0.2) is 0 Å². The molecule has 0 saturated carbocycles. The van der Waals surface area contributed by atoms with Gasteiger partial charge in [-0.05, 0) is 42.7 Å². The lowest BCUT2D eigenvalue weighted by Crippen LogP contribution is -2.32. The molecule has 0 radical (unpaired) electrons. The number of aryl methyl sites for hydroxylation is 1. The summed E-state index contributed by atoms with van der Waals surface area (Å²) in [6.07, 6.45) is 0.262. The molecule has 3 N–H and O–H groups in total. The second-order valence-electron chi connectivity index (χ2n) is 8.49. The van der Waals surface area contributed by atoms with Gasteiger partial charge in [-0.2, -0.15) is 5.10 Å². The van der Waals surface area contributed by atoms with E-state index in [2.05, 4.69) is 15.4 Å². The lowest BCUT2D eigenvalue weighted by molar-refractivity contribution is 0.0247. The van der Waals surface area contributed by atoms with E-state index in [0.717, 1.165) is 24.3 Å².